The van der Waals surface area contributed by atoms with Crippen LogP contribution in [0.4, 0.5) is 13.2 Å². The first-order valence-corrected chi connectivity index (χ1v) is 7.33. The maximum atomic E-state index is 13.1. The molecule has 2 rings (SSSR count). The summed E-state index contributed by atoms with van der Waals surface area (Å²) >= 11 is 0. The van der Waals surface area contributed by atoms with E-state index in [0.29, 0.717) is 25.9 Å². The molecule has 0 N–H and O–H groups in total. The number of methoxy groups -OCH3 is 1. The van der Waals surface area contributed by atoms with Crippen molar-refractivity contribution in [2.45, 2.75) is 31.4 Å². The zero-order chi connectivity index (χ0) is 17.0. The van der Waals surface area contributed by atoms with Crippen molar-refractivity contribution >= 4 is 11.9 Å². The van der Waals surface area contributed by atoms with Crippen LogP contribution in [0, 0.1) is 0 Å². The predicted molar refractivity (Wildman–Crippen MR) is 76.6 cm³/mol. The summed E-state index contributed by atoms with van der Waals surface area (Å²) in [5.74, 6) is -1.20. The van der Waals surface area contributed by atoms with E-state index in [1.165, 1.54) is 24.1 Å². The van der Waals surface area contributed by atoms with Gasteiger partial charge in [0.15, 0.2) is 0 Å². The van der Waals surface area contributed by atoms with Gasteiger partial charge in [-0.25, -0.2) is 0 Å². The number of hydrogen-bond donors (Lipinski definition) is 0. The fourth-order valence-electron chi connectivity index (χ4n) is 2.86. The van der Waals surface area contributed by atoms with Crippen LogP contribution >= 0.6 is 0 Å². The summed E-state index contributed by atoms with van der Waals surface area (Å²) in [5, 5.41) is 0. The molecule has 1 fully saturated rings. The molecule has 1 amide bonds. The van der Waals surface area contributed by atoms with Gasteiger partial charge in [0.05, 0.1) is 12.7 Å². The molecule has 0 aromatic heterocycles. The number of rotatable bonds is 3. The van der Waals surface area contributed by atoms with Crippen LogP contribution in [0.2, 0.25) is 0 Å². The van der Waals surface area contributed by atoms with Crippen molar-refractivity contribution in [3.8, 4) is 0 Å². The van der Waals surface area contributed by atoms with Gasteiger partial charge in [0, 0.05) is 13.1 Å². The second-order valence-corrected chi connectivity index (χ2v) is 5.49. The van der Waals surface area contributed by atoms with Gasteiger partial charge in [0.1, 0.15) is 6.42 Å². The lowest BCUT2D eigenvalue weighted by Crippen LogP contribution is -2.39. The van der Waals surface area contributed by atoms with Crippen LogP contribution < -0.4 is 0 Å². The van der Waals surface area contributed by atoms with Gasteiger partial charge in [-0.05, 0) is 30.4 Å². The van der Waals surface area contributed by atoms with Crippen LogP contribution in [0.3, 0.4) is 0 Å². The molecule has 0 spiro atoms. The maximum absolute atomic E-state index is 13.1. The third-order valence-corrected chi connectivity index (χ3v) is 4.08. The number of carbonyl (C=O) groups excluding carboxylic acids is 2. The third kappa shape index (κ3) is 4.24. The van der Waals surface area contributed by atoms with Gasteiger partial charge in [-0.3, -0.25) is 9.59 Å². The molecule has 126 valence electrons. The lowest BCUT2D eigenvalue weighted by Gasteiger charge is -2.33. The van der Waals surface area contributed by atoms with Gasteiger partial charge < -0.3 is 9.64 Å². The van der Waals surface area contributed by atoms with E-state index in [-0.39, 0.29) is 23.8 Å². The Hall–Kier alpha value is -2.05. The topological polar surface area (TPSA) is 46.6 Å². The van der Waals surface area contributed by atoms with Crippen molar-refractivity contribution in [1.29, 1.82) is 0 Å². The van der Waals surface area contributed by atoms with E-state index in [9.17, 15) is 22.8 Å². The van der Waals surface area contributed by atoms with Gasteiger partial charge in [0.2, 0.25) is 5.91 Å². The highest BCUT2D eigenvalue weighted by molar-refractivity contribution is 5.94. The summed E-state index contributed by atoms with van der Waals surface area (Å²) in [6.45, 7) is 0.680. The van der Waals surface area contributed by atoms with Crippen LogP contribution in [-0.4, -0.2) is 37.0 Å². The second kappa shape index (κ2) is 7.02. The molecule has 0 bridgehead atoms. The Morgan fingerprint density at radius 2 is 1.83 bits per heavy atom. The number of nitrogens with zero attached hydrogens (tertiary/aromatic N) is 1. The van der Waals surface area contributed by atoms with Crippen molar-refractivity contribution in [2.24, 2.45) is 0 Å². The van der Waals surface area contributed by atoms with E-state index in [1.54, 1.807) is 6.07 Å². The zero-order valence-corrected chi connectivity index (χ0v) is 12.7. The number of carbonyl (C=O) groups is 2. The van der Waals surface area contributed by atoms with Crippen LogP contribution in [0.1, 0.15) is 36.3 Å². The number of piperidine rings is 1. The average Bonchev–Trinajstić information content (AvgIpc) is 2.54. The molecule has 0 atom stereocenters. The van der Waals surface area contributed by atoms with Gasteiger partial charge in [-0.2, -0.15) is 13.2 Å². The number of ether oxygens (including phenoxy) is 1. The average molecular weight is 329 g/mol. The SMILES string of the molecule is COC(=O)CC(=O)N1CCC(c2ccccc2C(F)(F)F)CC1. The summed E-state index contributed by atoms with van der Waals surface area (Å²) in [5.41, 5.74) is -0.334. The Morgan fingerprint density at radius 3 is 2.39 bits per heavy atom. The Morgan fingerprint density at radius 1 is 1.22 bits per heavy atom. The molecule has 1 aromatic carbocycles. The minimum atomic E-state index is -4.38. The summed E-state index contributed by atoms with van der Waals surface area (Å²) in [4.78, 5) is 24.5. The maximum Gasteiger partial charge on any atom is 0.416 e. The summed E-state index contributed by atoms with van der Waals surface area (Å²) in [6.07, 6.45) is -3.82. The first-order valence-electron chi connectivity index (χ1n) is 7.33. The number of esters is 1. The quantitative estimate of drug-likeness (QED) is 0.633. The fourth-order valence-corrected chi connectivity index (χ4v) is 2.86. The molecule has 1 heterocycles. The lowest BCUT2D eigenvalue weighted by molar-refractivity contribution is -0.147. The molecule has 0 aliphatic carbocycles. The molecule has 0 unspecified atom stereocenters. The Bertz CT molecular complexity index is 578. The number of halogens is 3. The molecule has 1 aliphatic heterocycles. The normalized spacial score (nSPS) is 16.3. The van der Waals surface area contributed by atoms with E-state index >= 15 is 0 Å². The monoisotopic (exact) mass is 329 g/mol. The first-order chi connectivity index (χ1) is 10.8. The van der Waals surface area contributed by atoms with Crippen molar-refractivity contribution in [3.05, 3.63) is 35.4 Å². The second-order valence-electron chi connectivity index (χ2n) is 5.49. The predicted octanol–water partition coefficient (Wildman–Crippen LogP) is 2.97. The highest BCUT2D eigenvalue weighted by Gasteiger charge is 2.36. The molecular weight excluding hydrogens is 311 g/mol. The van der Waals surface area contributed by atoms with E-state index in [1.807, 2.05) is 0 Å². The van der Waals surface area contributed by atoms with Gasteiger partial charge in [-0.15, -0.1) is 0 Å². The third-order valence-electron chi connectivity index (χ3n) is 4.08. The zero-order valence-electron chi connectivity index (χ0n) is 12.7. The van der Waals surface area contributed by atoms with Gasteiger partial charge in [0.25, 0.3) is 0 Å². The molecule has 23 heavy (non-hydrogen) atoms. The summed E-state index contributed by atoms with van der Waals surface area (Å²) < 4.78 is 43.7. The smallest absolute Gasteiger partial charge is 0.416 e. The van der Waals surface area contributed by atoms with E-state index in [0.717, 1.165) is 6.07 Å². The highest BCUT2D eigenvalue weighted by Crippen LogP contribution is 2.38. The molecule has 7 heteroatoms. The van der Waals surface area contributed by atoms with Crippen molar-refractivity contribution < 1.29 is 27.5 Å². The summed E-state index contributed by atoms with van der Waals surface area (Å²) in [6, 6.07) is 5.56. The van der Waals surface area contributed by atoms with Crippen LogP contribution in [0.25, 0.3) is 0 Å². The minimum Gasteiger partial charge on any atom is -0.469 e. The molecule has 4 nitrogen and oxygen atoms in total. The van der Waals surface area contributed by atoms with Crippen LogP contribution in [0.5, 0.6) is 0 Å². The van der Waals surface area contributed by atoms with Gasteiger partial charge >= 0.3 is 12.1 Å². The number of amides is 1. The van der Waals surface area contributed by atoms with E-state index in [2.05, 4.69) is 4.74 Å². The molecular formula is C16H18F3NO3. The van der Waals surface area contributed by atoms with Crippen molar-refractivity contribution in [1.82, 2.24) is 4.90 Å². The Kier molecular flexibility index (Phi) is 5.28. The number of hydrogen-bond acceptors (Lipinski definition) is 3. The fraction of sp³-hybridized carbons (Fsp3) is 0.500. The molecule has 1 aliphatic rings. The van der Waals surface area contributed by atoms with Crippen LogP contribution in [0.15, 0.2) is 24.3 Å². The number of likely N-dealkylation sites (tertiary alicyclic amines) is 1. The molecule has 0 saturated carbocycles. The van der Waals surface area contributed by atoms with Crippen molar-refractivity contribution in [3.63, 3.8) is 0 Å². The number of alkyl halides is 3. The molecule has 1 aromatic rings. The molecule has 0 radical (unpaired) electrons. The minimum absolute atomic E-state index is 0.241. The Labute approximate surface area is 132 Å². The molecule has 1 saturated heterocycles. The van der Waals surface area contributed by atoms with E-state index in [4.69, 9.17) is 0 Å². The largest absolute Gasteiger partial charge is 0.469 e. The first kappa shape index (κ1) is 17.3. The van der Waals surface area contributed by atoms with Gasteiger partial charge in [-0.1, -0.05) is 18.2 Å². The van der Waals surface area contributed by atoms with E-state index < -0.39 is 17.7 Å². The summed E-state index contributed by atoms with van der Waals surface area (Å²) in [7, 11) is 1.20. The number of benzene rings is 1. The van der Waals surface area contributed by atoms with Crippen molar-refractivity contribution in [2.75, 3.05) is 20.2 Å². The lowest BCUT2D eigenvalue weighted by atomic mass is 9.86. The Balaban J connectivity index is 2.03. The van der Waals surface area contributed by atoms with Crippen LogP contribution in [-0.2, 0) is 20.5 Å². The highest BCUT2D eigenvalue weighted by atomic mass is 19.4. The standard InChI is InChI=1S/C16H18F3NO3/c1-23-15(22)10-14(21)20-8-6-11(7-9-20)12-4-2-3-5-13(12)16(17,18)19/h2-5,11H,6-10H2,1H3.